The van der Waals surface area contributed by atoms with E-state index in [9.17, 15) is 0 Å². The lowest BCUT2D eigenvalue weighted by Crippen LogP contribution is -2.22. The first-order valence-corrected chi connectivity index (χ1v) is 8.34. The van der Waals surface area contributed by atoms with Gasteiger partial charge in [0.15, 0.2) is 0 Å². The van der Waals surface area contributed by atoms with Gasteiger partial charge in [-0.2, -0.15) is 0 Å². The average molecular weight is 322 g/mol. The summed E-state index contributed by atoms with van der Waals surface area (Å²) < 4.78 is 0. The Labute approximate surface area is 135 Å². The predicted octanol–water partition coefficient (Wildman–Crippen LogP) is 4.23. The Kier molecular flexibility index (Phi) is 6.03. The zero-order chi connectivity index (χ0) is 15.2. The van der Waals surface area contributed by atoms with Crippen molar-refractivity contribution in [3.05, 3.63) is 52.6 Å². The molecule has 5 heteroatoms. The molecule has 0 bridgehead atoms. The van der Waals surface area contributed by atoms with E-state index in [1.807, 2.05) is 37.3 Å². The smallest absolute Gasteiger partial charge is 0.139 e. The van der Waals surface area contributed by atoms with Crippen LogP contribution in [0.2, 0.25) is 5.02 Å². The lowest BCUT2D eigenvalue weighted by Gasteiger charge is -2.09. The van der Waals surface area contributed by atoms with Crippen molar-refractivity contribution >= 4 is 23.4 Å². The van der Waals surface area contributed by atoms with Crippen LogP contribution in [0.15, 0.2) is 35.2 Å². The van der Waals surface area contributed by atoms with Crippen LogP contribution in [0, 0.1) is 6.92 Å². The molecule has 0 spiro atoms. The van der Waals surface area contributed by atoms with Crippen molar-refractivity contribution in [1.82, 2.24) is 15.3 Å². The number of hydrogen-bond acceptors (Lipinski definition) is 4. The maximum Gasteiger partial charge on any atom is 0.139 e. The van der Waals surface area contributed by atoms with Gasteiger partial charge in [-0.3, -0.25) is 0 Å². The molecule has 2 aromatic rings. The SMILES string of the molecule is Cc1cc(CNC(C)C)nc(CSc2cccc(Cl)c2)n1. The van der Waals surface area contributed by atoms with Crippen molar-refractivity contribution in [1.29, 1.82) is 0 Å². The van der Waals surface area contributed by atoms with E-state index in [1.165, 1.54) is 0 Å². The Hall–Kier alpha value is -1.10. The van der Waals surface area contributed by atoms with Crippen LogP contribution in [0.5, 0.6) is 0 Å². The molecule has 1 aromatic carbocycles. The number of aromatic nitrogens is 2. The van der Waals surface area contributed by atoms with Gasteiger partial charge in [-0.1, -0.05) is 31.5 Å². The number of nitrogens with one attached hydrogen (secondary N) is 1. The van der Waals surface area contributed by atoms with Crippen molar-refractivity contribution in [2.24, 2.45) is 0 Å². The summed E-state index contributed by atoms with van der Waals surface area (Å²) >= 11 is 7.69. The van der Waals surface area contributed by atoms with Gasteiger partial charge < -0.3 is 5.32 Å². The number of halogens is 1. The summed E-state index contributed by atoms with van der Waals surface area (Å²) in [5.41, 5.74) is 2.05. The van der Waals surface area contributed by atoms with Gasteiger partial charge in [0.2, 0.25) is 0 Å². The number of rotatable bonds is 6. The van der Waals surface area contributed by atoms with E-state index >= 15 is 0 Å². The average Bonchev–Trinajstić information content (AvgIpc) is 2.43. The second-order valence-electron chi connectivity index (χ2n) is 5.20. The molecule has 2 rings (SSSR count). The molecule has 3 nitrogen and oxygen atoms in total. The number of thioether (sulfide) groups is 1. The van der Waals surface area contributed by atoms with Crippen LogP contribution < -0.4 is 5.32 Å². The Morgan fingerprint density at radius 1 is 1.24 bits per heavy atom. The van der Waals surface area contributed by atoms with E-state index in [0.717, 1.165) is 39.4 Å². The highest BCUT2D eigenvalue weighted by Gasteiger charge is 2.05. The van der Waals surface area contributed by atoms with Crippen molar-refractivity contribution in [3.63, 3.8) is 0 Å². The van der Waals surface area contributed by atoms with E-state index in [0.29, 0.717) is 6.04 Å². The zero-order valence-electron chi connectivity index (χ0n) is 12.6. The molecule has 0 amide bonds. The van der Waals surface area contributed by atoms with Gasteiger partial charge in [0.1, 0.15) is 5.82 Å². The van der Waals surface area contributed by atoms with E-state index in [4.69, 9.17) is 11.6 Å². The molecular weight excluding hydrogens is 302 g/mol. The molecule has 0 fully saturated rings. The summed E-state index contributed by atoms with van der Waals surface area (Å²) in [4.78, 5) is 10.3. The molecule has 0 saturated heterocycles. The molecule has 0 radical (unpaired) electrons. The first kappa shape index (κ1) is 16.3. The van der Waals surface area contributed by atoms with Crippen LogP contribution in [-0.2, 0) is 12.3 Å². The predicted molar refractivity (Wildman–Crippen MR) is 89.8 cm³/mol. The maximum atomic E-state index is 6.00. The van der Waals surface area contributed by atoms with E-state index in [1.54, 1.807) is 11.8 Å². The van der Waals surface area contributed by atoms with Crippen molar-refractivity contribution in [3.8, 4) is 0 Å². The zero-order valence-corrected chi connectivity index (χ0v) is 14.1. The molecule has 0 unspecified atom stereocenters. The minimum absolute atomic E-state index is 0.449. The van der Waals surface area contributed by atoms with Gasteiger partial charge in [0, 0.05) is 28.2 Å². The maximum absolute atomic E-state index is 6.00. The van der Waals surface area contributed by atoms with E-state index < -0.39 is 0 Å². The molecule has 0 aliphatic rings. The van der Waals surface area contributed by atoms with Crippen LogP contribution in [0.1, 0.15) is 31.1 Å². The third kappa shape index (κ3) is 5.65. The van der Waals surface area contributed by atoms with Crippen LogP contribution in [-0.4, -0.2) is 16.0 Å². The summed E-state index contributed by atoms with van der Waals surface area (Å²) in [6.07, 6.45) is 0. The lowest BCUT2D eigenvalue weighted by molar-refractivity contribution is 0.579. The fraction of sp³-hybridized carbons (Fsp3) is 0.375. The Bertz CT molecular complexity index is 602. The topological polar surface area (TPSA) is 37.8 Å². The molecule has 112 valence electrons. The molecular formula is C16H20ClN3S. The fourth-order valence-electron chi connectivity index (χ4n) is 1.87. The largest absolute Gasteiger partial charge is 0.309 e. The summed E-state index contributed by atoms with van der Waals surface area (Å²) in [5.74, 6) is 1.61. The number of hydrogen-bond donors (Lipinski definition) is 1. The molecule has 21 heavy (non-hydrogen) atoms. The van der Waals surface area contributed by atoms with E-state index in [2.05, 4.69) is 29.1 Å². The minimum Gasteiger partial charge on any atom is -0.309 e. The number of aryl methyl sites for hydroxylation is 1. The fourth-order valence-corrected chi connectivity index (χ4v) is 2.93. The number of benzene rings is 1. The summed E-state index contributed by atoms with van der Waals surface area (Å²) in [6, 6.07) is 10.3. The normalized spacial score (nSPS) is 11.1. The van der Waals surface area contributed by atoms with Gasteiger partial charge in [-0.15, -0.1) is 11.8 Å². The van der Waals surface area contributed by atoms with Crippen LogP contribution in [0.3, 0.4) is 0 Å². The van der Waals surface area contributed by atoms with E-state index in [-0.39, 0.29) is 0 Å². The second kappa shape index (κ2) is 7.78. The third-order valence-electron chi connectivity index (χ3n) is 2.81. The minimum atomic E-state index is 0.449. The van der Waals surface area contributed by atoms with Crippen LogP contribution in [0.4, 0.5) is 0 Å². The first-order chi connectivity index (χ1) is 10.0. The number of nitrogens with zero attached hydrogens (tertiary/aromatic N) is 2. The highest BCUT2D eigenvalue weighted by molar-refractivity contribution is 7.98. The van der Waals surface area contributed by atoms with Gasteiger partial charge >= 0.3 is 0 Å². The Morgan fingerprint density at radius 2 is 2.05 bits per heavy atom. The highest BCUT2D eigenvalue weighted by Crippen LogP contribution is 2.24. The van der Waals surface area contributed by atoms with Gasteiger partial charge in [-0.05, 0) is 31.2 Å². The molecule has 0 atom stereocenters. The Morgan fingerprint density at radius 3 is 2.76 bits per heavy atom. The molecule has 0 aliphatic heterocycles. The third-order valence-corrected chi connectivity index (χ3v) is 4.03. The molecule has 1 N–H and O–H groups in total. The Balaban J connectivity index is 2.02. The summed E-state index contributed by atoms with van der Waals surface area (Å²) in [6.45, 7) is 7.04. The molecule has 0 saturated carbocycles. The highest BCUT2D eigenvalue weighted by atomic mass is 35.5. The molecule has 1 aromatic heterocycles. The first-order valence-electron chi connectivity index (χ1n) is 6.98. The van der Waals surface area contributed by atoms with Gasteiger partial charge in [0.05, 0.1) is 11.4 Å². The monoisotopic (exact) mass is 321 g/mol. The summed E-state index contributed by atoms with van der Waals surface area (Å²) in [5, 5.41) is 4.14. The van der Waals surface area contributed by atoms with Crippen LogP contribution in [0.25, 0.3) is 0 Å². The van der Waals surface area contributed by atoms with Crippen molar-refractivity contribution in [2.45, 2.75) is 44.0 Å². The standard InChI is InChI=1S/C16H20ClN3S/c1-11(2)18-9-14-7-12(3)19-16(20-14)10-21-15-6-4-5-13(17)8-15/h4-8,11,18H,9-10H2,1-3H3. The summed E-state index contributed by atoms with van der Waals surface area (Å²) in [7, 11) is 0. The van der Waals surface area contributed by atoms with Crippen molar-refractivity contribution in [2.75, 3.05) is 0 Å². The second-order valence-corrected chi connectivity index (χ2v) is 6.68. The molecule has 0 aliphatic carbocycles. The van der Waals surface area contributed by atoms with Crippen molar-refractivity contribution < 1.29 is 0 Å². The van der Waals surface area contributed by atoms with Gasteiger partial charge in [0.25, 0.3) is 0 Å². The lowest BCUT2D eigenvalue weighted by atomic mass is 10.3. The molecule has 1 heterocycles. The van der Waals surface area contributed by atoms with Gasteiger partial charge in [-0.25, -0.2) is 9.97 Å². The quantitative estimate of drug-likeness (QED) is 0.808. The van der Waals surface area contributed by atoms with Crippen LogP contribution >= 0.6 is 23.4 Å².